The molecular formula is C29H34ClN3O4S. The molecule has 1 unspecified atom stereocenters. The largest absolute Gasteiger partial charge is 0.494 e. The number of carbonyl (C=O) groups excluding carboxylic acids is 3. The minimum Gasteiger partial charge on any atom is -0.494 e. The summed E-state index contributed by atoms with van der Waals surface area (Å²) in [6, 6.07) is 10.9. The van der Waals surface area contributed by atoms with Gasteiger partial charge in [0, 0.05) is 28.5 Å². The topological polar surface area (TPSA) is 79.0 Å². The monoisotopic (exact) mass is 555 g/mol. The van der Waals surface area contributed by atoms with Crippen LogP contribution < -0.4 is 15.0 Å². The fourth-order valence-corrected chi connectivity index (χ4v) is 6.24. The number of nitrogens with one attached hydrogen (secondary N) is 1. The molecule has 4 rings (SSSR count). The van der Waals surface area contributed by atoms with Gasteiger partial charge >= 0.3 is 0 Å². The van der Waals surface area contributed by atoms with Gasteiger partial charge in [0.2, 0.25) is 5.91 Å². The smallest absolute Gasteiger partial charge is 0.294 e. The SMILES string of the molecule is CCCN1c2cc(Cl)c(/C=C3/SC(=O)N(CC(=O)Nc4ccc(OCC)cc4)C3=O)cc2C(C)CC1(C)C. The molecule has 0 radical (unpaired) electrons. The third-order valence-electron chi connectivity index (χ3n) is 6.86. The number of amides is 3. The quantitative estimate of drug-likeness (QED) is 0.356. The summed E-state index contributed by atoms with van der Waals surface area (Å²) in [6.45, 7) is 11.9. The summed E-state index contributed by atoms with van der Waals surface area (Å²) in [5.41, 5.74) is 3.56. The number of ether oxygens (including phenoxy) is 1. The number of thioether (sulfide) groups is 1. The van der Waals surface area contributed by atoms with Crippen molar-refractivity contribution in [1.29, 1.82) is 0 Å². The number of carbonyl (C=O) groups is 3. The van der Waals surface area contributed by atoms with E-state index >= 15 is 0 Å². The summed E-state index contributed by atoms with van der Waals surface area (Å²) >= 11 is 7.53. The van der Waals surface area contributed by atoms with E-state index in [-0.39, 0.29) is 17.0 Å². The fraction of sp³-hybridized carbons (Fsp3) is 0.414. The van der Waals surface area contributed by atoms with Crippen molar-refractivity contribution < 1.29 is 19.1 Å². The molecule has 0 aromatic heterocycles. The summed E-state index contributed by atoms with van der Waals surface area (Å²) in [7, 11) is 0. The second kappa shape index (κ2) is 11.4. The Labute approximate surface area is 233 Å². The van der Waals surface area contributed by atoms with E-state index in [1.54, 1.807) is 30.3 Å². The van der Waals surface area contributed by atoms with Gasteiger partial charge in [-0.05, 0) is 105 Å². The molecule has 1 N–H and O–H groups in total. The molecule has 202 valence electrons. The molecule has 0 aliphatic carbocycles. The molecule has 9 heteroatoms. The van der Waals surface area contributed by atoms with Crippen molar-refractivity contribution in [2.45, 2.75) is 58.9 Å². The van der Waals surface area contributed by atoms with E-state index in [1.165, 1.54) is 5.56 Å². The molecule has 1 saturated heterocycles. The zero-order valence-corrected chi connectivity index (χ0v) is 24.0. The van der Waals surface area contributed by atoms with Gasteiger partial charge in [-0.15, -0.1) is 0 Å². The molecule has 38 heavy (non-hydrogen) atoms. The van der Waals surface area contributed by atoms with Crippen molar-refractivity contribution >= 4 is 57.9 Å². The first-order chi connectivity index (χ1) is 18.0. The van der Waals surface area contributed by atoms with Crippen LogP contribution in [0.25, 0.3) is 6.08 Å². The van der Waals surface area contributed by atoms with Crippen LogP contribution in [0.5, 0.6) is 5.75 Å². The lowest BCUT2D eigenvalue weighted by molar-refractivity contribution is -0.127. The molecule has 2 aromatic carbocycles. The molecule has 2 aromatic rings. The highest BCUT2D eigenvalue weighted by Gasteiger charge is 2.38. The maximum atomic E-state index is 13.1. The summed E-state index contributed by atoms with van der Waals surface area (Å²) in [5.74, 6) is 0.0480. The lowest BCUT2D eigenvalue weighted by Crippen LogP contribution is -2.48. The molecular weight excluding hydrogens is 522 g/mol. The second-order valence-electron chi connectivity index (χ2n) is 10.3. The van der Waals surface area contributed by atoms with Crippen molar-refractivity contribution in [2.24, 2.45) is 0 Å². The van der Waals surface area contributed by atoms with E-state index in [1.807, 2.05) is 19.1 Å². The first kappa shape index (κ1) is 28.0. The van der Waals surface area contributed by atoms with E-state index in [0.717, 1.165) is 41.7 Å². The molecule has 1 atom stereocenters. The number of nitrogens with zero attached hydrogens (tertiary/aromatic N) is 2. The Morgan fingerprint density at radius 2 is 1.92 bits per heavy atom. The Morgan fingerprint density at radius 3 is 2.58 bits per heavy atom. The van der Waals surface area contributed by atoms with Crippen molar-refractivity contribution in [2.75, 3.05) is 29.9 Å². The van der Waals surface area contributed by atoms with Crippen LogP contribution >= 0.6 is 23.4 Å². The van der Waals surface area contributed by atoms with E-state index in [4.69, 9.17) is 16.3 Å². The first-order valence-electron chi connectivity index (χ1n) is 12.9. The molecule has 2 aliphatic rings. The van der Waals surface area contributed by atoms with Crippen molar-refractivity contribution in [3.63, 3.8) is 0 Å². The molecule has 2 heterocycles. The normalized spacial score (nSPS) is 19.6. The molecule has 0 bridgehead atoms. The molecule has 3 amide bonds. The first-order valence-corrected chi connectivity index (χ1v) is 14.1. The number of rotatable bonds is 8. The van der Waals surface area contributed by atoms with Gasteiger partial charge in [-0.2, -0.15) is 0 Å². The Bertz CT molecular complexity index is 1280. The van der Waals surface area contributed by atoms with E-state index in [2.05, 4.69) is 37.9 Å². The Balaban J connectivity index is 1.51. The lowest BCUT2D eigenvalue weighted by Gasteiger charge is -2.47. The predicted octanol–water partition coefficient (Wildman–Crippen LogP) is 6.92. The molecule has 0 saturated carbocycles. The second-order valence-corrected chi connectivity index (χ2v) is 11.7. The highest BCUT2D eigenvalue weighted by Crippen LogP contribution is 2.46. The highest BCUT2D eigenvalue weighted by molar-refractivity contribution is 8.18. The van der Waals surface area contributed by atoms with Crippen molar-refractivity contribution in [3.8, 4) is 5.75 Å². The zero-order valence-electron chi connectivity index (χ0n) is 22.5. The predicted molar refractivity (Wildman–Crippen MR) is 155 cm³/mol. The van der Waals surface area contributed by atoms with Crippen LogP contribution in [0.2, 0.25) is 5.02 Å². The van der Waals surface area contributed by atoms with Crippen LogP contribution in [-0.4, -0.2) is 47.2 Å². The number of fused-ring (bicyclic) bond motifs is 1. The van der Waals surface area contributed by atoms with E-state index < -0.39 is 17.1 Å². The third-order valence-corrected chi connectivity index (χ3v) is 8.10. The number of hydrogen-bond acceptors (Lipinski definition) is 6. The molecule has 1 fully saturated rings. The Kier molecular flexibility index (Phi) is 8.43. The van der Waals surface area contributed by atoms with Crippen molar-refractivity contribution in [1.82, 2.24) is 4.90 Å². The average Bonchev–Trinajstić information content (AvgIpc) is 3.11. The van der Waals surface area contributed by atoms with Gasteiger partial charge in [0.15, 0.2) is 0 Å². The number of benzene rings is 2. The number of halogens is 1. The number of imide groups is 1. The minimum atomic E-state index is -0.502. The maximum Gasteiger partial charge on any atom is 0.294 e. The summed E-state index contributed by atoms with van der Waals surface area (Å²) < 4.78 is 5.40. The van der Waals surface area contributed by atoms with Crippen LogP contribution in [0.15, 0.2) is 41.3 Å². The van der Waals surface area contributed by atoms with Gasteiger partial charge in [-0.25, -0.2) is 0 Å². The summed E-state index contributed by atoms with van der Waals surface area (Å²) in [4.78, 5) is 41.9. The van der Waals surface area contributed by atoms with E-state index in [0.29, 0.717) is 34.5 Å². The van der Waals surface area contributed by atoms with Crippen LogP contribution in [0, 0.1) is 0 Å². The molecule has 2 aliphatic heterocycles. The summed E-state index contributed by atoms with van der Waals surface area (Å²) in [5, 5.41) is 2.76. The van der Waals surface area contributed by atoms with Crippen molar-refractivity contribution in [3.05, 3.63) is 57.5 Å². The van der Waals surface area contributed by atoms with Gasteiger partial charge in [0.05, 0.1) is 11.5 Å². The van der Waals surface area contributed by atoms with Gasteiger partial charge < -0.3 is 15.0 Å². The van der Waals surface area contributed by atoms with Gasteiger partial charge in [0.25, 0.3) is 11.1 Å². The van der Waals surface area contributed by atoms with Crippen LogP contribution in [0.3, 0.4) is 0 Å². The van der Waals surface area contributed by atoms with Crippen LogP contribution in [-0.2, 0) is 9.59 Å². The number of anilines is 2. The Morgan fingerprint density at radius 1 is 1.21 bits per heavy atom. The highest BCUT2D eigenvalue weighted by atomic mass is 35.5. The van der Waals surface area contributed by atoms with Crippen LogP contribution in [0.4, 0.5) is 16.2 Å². The van der Waals surface area contributed by atoms with E-state index in [9.17, 15) is 14.4 Å². The van der Waals surface area contributed by atoms with Gasteiger partial charge in [0.1, 0.15) is 12.3 Å². The fourth-order valence-electron chi connectivity index (χ4n) is 5.20. The number of hydrogen-bond donors (Lipinski definition) is 1. The maximum absolute atomic E-state index is 13.1. The third kappa shape index (κ3) is 5.86. The zero-order chi connectivity index (χ0) is 27.6. The van der Waals surface area contributed by atoms with Crippen LogP contribution in [0.1, 0.15) is 64.5 Å². The Hall–Kier alpha value is -2.97. The minimum absolute atomic E-state index is 0.0157. The van der Waals surface area contributed by atoms with Gasteiger partial charge in [-0.1, -0.05) is 25.4 Å². The average molecular weight is 556 g/mol. The standard InChI is InChI=1S/C29H34ClN3O4S/c1-6-12-33-24-15-23(30)19(13-22(24)18(3)16-29(33,4)5)14-25-27(35)32(28(36)38-25)17-26(34)31-20-8-10-21(11-9-20)37-7-2/h8-11,13-15,18H,6-7,12,16-17H2,1-5H3,(H,31,34)/b25-14+. The molecule has 7 nitrogen and oxygen atoms in total. The summed E-state index contributed by atoms with van der Waals surface area (Å²) in [6.07, 6.45) is 3.69. The lowest BCUT2D eigenvalue weighted by atomic mass is 9.79. The van der Waals surface area contributed by atoms with Gasteiger partial charge in [-0.3, -0.25) is 19.3 Å². The molecule has 0 spiro atoms.